The van der Waals surface area contributed by atoms with Gasteiger partial charge in [-0.2, -0.15) is 15.8 Å². The number of ether oxygens (including phenoxy) is 4. The van der Waals surface area contributed by atoms with Crippen LogP contribution in [0, 0.1) is 34.0 Å². The molecule has 0 saturated carbocycles. The first-order valence-electron chi connectivity index (χ1n) is 24.8. The van der Waals surface area contributed by atoms with Crippen LogP contribution in [0.5, 0.6) is 23.0 Å². The Balaban J connectivity index is 0.000000132. The van der Waals surface area contributed by atoms with Crippen molar-refractivity contribution in [3.05, 3.63) is 121 Å². The number of benzene rings is 4. The van der Waals surface area contributed by atoms with Crippen molar-refractivity contribution in [1.82, 2.24) is 5.32 Å². The molecule has 12 rings (SSSR count). The molecule has 2 atom stereocenters. The Hall–Kier alpha value is -5.76. The Kier molecular flexibility index (Phi) is 17.8. The molecule has 1 N–H and O–H groups in total. The summed E-state index contributed by atoms with van der Waals surface area (Å²) in [6, 6.07) is 23.1. The Labute approximate surface area is 425 Å². The molecular formula is C57H63N4O7PV. The number of rotatable bonds is 6. The zero-order valence-electron chi connectivity index (χ0n) is 40.8. The number of nitriles is 3. The Morgan fingerprint density at radius 3 is 1.64 bits per heavy atom. The predicted molar refractivity (Wildman–Crippen MR) is 267 cm³/mol. The number of nitrogens with one attached hydrogen (secondary N) is 1. The normalized spacial score (nSPS) is 18.6. The van der Waals surface area contributed by atoms with Gasteiger partial charge in [-0.25, -0.2) is 0 Å². The van der Waals surface area contributed by atoms with Crippen LogP contribution in [0.2, 0.25) is 0 Å². The first-order chi connectivity index (χ1) is 33.5. The molecule has 8 aliphatic rings. The summed E-state index contributed by atoms with van der Waals surface area (Å²) in [6.45, 7) is 9.05. The summed E-state index contributed by atoms with van der Waals surface area (Å²) >= 11 is 0. The quantitative estimate of drug-likeness (QED) is 0.145. The molecule has 1 amide bonds. The largest absolute Gasteiger partial charge is 0.493 e. The van der Waals surface area contributed by atoms with Crippen LogP contribution >= 0.6 is 7.14 Å². The molecule has 0 saturated heterocycles. The molecule has 11 nitrogen and oxygen atoms in total. The van der Waals surface area contributed by atoms with E-state index in [0.717, 1.165) is 131 Å². The molecule has 0 aromatic heterocycles. The Bertz CT molecular complexity index is 2830. The van der Waals surface area contributed by atoms with Crippen LogP contribution in [-0.2, 0) is 79.3 Å². The molecule has 0 spiro atoms. The van der Waals surface area contributed by atoms with Crippen LogP contribution in [0.4, 0.5) is 0 Å². The van der Waals surface area contributed by atoms with Crippen molar-refractivity contribution in [1.29, 1.82) is 15.8 Å². The zero-order valence-corrected chi connectivity index (χ0v) is 43.1. The van der Waals surface area contributed by atoms with Gasteiger partial charge in [0.05, 0.1) is 57.9 Å². The van der Waals surface area contributed by atoms with Crippen LogP contribution < -0.4 is 24.3 Å². The maximum absolute atomic E-state index is 11.6. The minimum absolute atomic E-state index is 0. The number of fused-ring (bicyclic) bond motifs is 12. The average molecular weight is 998 g/mol. The van der Waals surface area contributed by atoms with E-state index in [9.17, 15) is 14.2 Å². The fraction of sp³-hybridized carbons (Fsp3) is 0.456. The number of allylic oxidation sites excluding steroid dienone is 2. The van der Waals surface area contributed by atoms with Gasteiger partial charge in [0.2, 0.25) is 5.91 Å². The third-order valence-electron chi connectivity index (χ3n) is 14.3. The first kappa shape index (κ1) is 52.1. The van der Waals surface area contributed by atoms with Crippen molar-refractivity contribution >= 4 is 24.4 Å². The molecule has 13 heteroatoms. The summed E-state index contributed by atoms with van der Waals surface area (Å²) in [6.07, 6.45) is 16.5. The number of aryl methyl sites for hydroxylation is 4. The maximum atomic E-state index is 11.6. The van der Waals surface area contributed by atoms with E-state index in [2.05, 4.69) is 53.9 Å². The van der Waals surface area contributed by atoms with Gasteiger partial charge in [0.1, 0.15) is 23.0 Å². The zero-order chi connectivity index (χ0) is 48.5. The van der Waals surface area contributed by atoms with E-state index < -0.39 is 7.14 Å². The van der Waals surface area contributed by atoms with Gasteiger partial charge >= 0.3 is 0 Å². The van der Waals surface area contributed by atoms with Gasteiger partial charge in [0.15, 0.2) is 5.78 Å². The Morgan fingerprint density at radius 2 is 1.13 bits per heavy atom. The summed E-state index contributed by atoms with van der Waals surface area (Å²) in [4.78, 5) is 22.9. The molecule has 4 heterocycles. The van der Waals surface area contributed by atoms with Crippen molar-refractivity contribution in [3.8, 4) is 41.2 Å². The van der Waals surface area contributed by atoms with E-state index in [1.54, 1.807) is 19.4 Å². The molecule has 4 aromatic rings. The average Bonchev–Trinajstić information content (AvgIpc) is 4.19. The number of carbonyl (C=O) groups excluding carboxylic acids is 2. The van der Waals surface area contributed by atoms with E-state index in [0.29, 0.717) is 36.9 Å². The molecule has 4 aliphatic heterocycles. The summed E-state index contributed by atoms with van der Waals surface area (Å²) in [5.41, 5.74) is 17.2. The van der Waals surface area contributed by atoms with Gasteiger partial charge in [0.25, 0.3) is 0 Å². The number of amides is 1. The molecule has 0 bridgehead atoms. The van der Waals surface area contributed by atoms with Crippen molar-refractivity contribution in [2.24, 2.45) is 0 Å². The maximum Gasteiger partial charge on any atom is 0.219 e. The van der Waals surface area contributed by atoms with Gasteiger partial charge in [-0.3, -0.25) is 9.59 Å². The Morgan fingerprint density at radius 1 is 0.643 bits per heavy atom. The minimum Gasteiger partial charge on any atom is -0.493 e. The fourth-order valence-corrected chi connectivity index (χ4v) is 11.5. The second-order valence-electron chi connectivity index (χ2n) is 19.2. The fourth-order valence-electron chi connectivity index (χ4n) is 11.2. The van der Waals surface area contributed by atoms with Gasteiger partial charge < -0.3 is 28.8 Å². The molecular weight excluding hydrogens is 935 g/mol. The van der Waals surface area contributed by atoms with E-state index in [-0.39, 0.29) is 30.6 Å². The minimum atomic E-state index is -2.03. The smallest absolute Gasteiger partial charge is 0.219 e. The third-order valence-corrected chi connectivity index (χ3v) is 15.3. The monoisotopic (exact) mass is 997 g/mol. The van der Waals surface area contributed by atoms with Crippen LogP contribution in [0.1, 0.15) is 135 Å². The van der Waals surface area contributed by atoms with E-state index in [1.165, 1.54) is 74.0 Å². The van der Waals surface area contributed by atoms with Gasteiger partial charge in [-0.1, -0.05) is 31.2 Å². The summed E-state index contributed by atoms with van der Waals surface area (Å²) in [7, 11) is -2.03. The molecule has 4 aliphatic carbocycles. The van der Waals surface area contributed by atoms with Crippen LogP contribution in [-0.4, -0.2) is 64.2 Å². The summed E-state index contributed by atoms with van der Waals surface area (Å²) in [5.74, 6) is 5.60. The molecule has 0 fully saturated rings. The number of nitrogens with zero attached hydrogens (tertiary/aromatic N) is 3. The van der Waals surface area contributed by atoms with Crippen molar-refractivity contribution < 1.29 is 51.7 Å². The van der Waals surface area contributed by atoms with Crippen molar-refractivity contribution in [2.45, 2.75) is 115 Å². The molecule has 1 radical (unpaired) electrons. The van der Waals surface area contributed by atoms with Crippen molar-refractivity contribution in [2.75, 3.05) is 52.5 Å². The molecule has 363 valence electrons. The predicted octanol–water partition coefficient (Wildman–Crippen LogP) is 10.5. The third kappa shape index (κ3) is 11.9. The van der Waals surface area contributed by atoms with Gasteiger partial charge in [-0.05, 0) is 145 Å². The number of Topliss-reactive ketones (excluding diaryl/α,β-unsaturated/α-hetero) is 1. The topological polar surface area (TPSA) is 172 Å². The van der Waals surface area contributed by atoms with Crippen molar-refractivity contribution in [3.63, 3.8) is 0 Å². The van der Waals surface area contributed by atoms with Crippen LogP contribution in [0.15, 0.2) is 54.6 Å². The number of carbonyl (C=O) groups is 2. The SMILES string of the molecule is CCC(=O)NCC[C@@H]1CCc2ccc3c(c21)CCO3.CP(C)(=O)CC#N.N#C/C=C1\CCc2ccc3c(c21)CCO3.N#CC[C@@H]1CCc2ccc3c(c21)CCO3.O=C1CCc2ccc3c(c21)CCO3.[V]. The van der Waals surface area contributed by atoms with E-state index in [4.69, 9.17) is 34.7 Å². The van der Waals surface area contributed by atoms with Crippen LogP contribution in [0.3, 0.4) is 0 Å². The van der Waals surface area contributed by atoms with Gasteiger partial charge in [-0.15, -0.1) is 0 Å². The van der Waals surface area contributed by atoms with Gasteiger partial charge in [0, 0.05) is 104 Å². The second-order valence-corrected chi connectivity index (χ2v) is 22.7. The standard InChI is InChI=1S/C16H21NO2.C13H13NO.C13H11NO.C11H10O2.C4H8NOP.V/c1-2-15(18)17-9-7-12-4-3-11-5-6-14-13(16(11)12)8-10-19-14;2*14-7-5-10-2-1-9-3-4-12-11(13(9)10)6-8-15-12;12-9-3-1-7-2-4-10-8(11(7)9)5-6-13-10;1-7(2,6)4-3-5;/h5-6,12H,2-4,7-10H2,1H3,(H,17,18);3-4,10H,1-2,5-6,8H2;3-5H,1-2,6,8H2;2,4H,1,3,5-6H2;4H2,1-2H3;/b;;10-5+;;;/t12-;10-;;;;/m00..../s1. The number of ketones is 1. The number of hydrogen-bond donors (Lipinski definition) is 1. The van der Waals surface area contributed by atoms with E-state index >= 15 is 0 Å². The number of hydrogen-bond acceptors (Lipinski definition) is 10. The first-order valence-corrected chi connectivity index (χ1v) is 27.6. The molecule has 0 unspecified atom stereocenters. The molecule has 4 aromatic carbocycles. The molecule has 70 heavy (non-hydrogen) atoms. The second kappa shape index (κ2) is 23.9. The van der Waals surface area contributed by atoms with Crippen LogP contribution in [0.25, 0.3) is 5.57 Å². The summed E-state index contributed by atoms with van der Waals surface area (Å²) in [5, 5.41) is 28.5. The summed E-state index contributed by atoms with van der Waals surface area (Å²) < 4.78 is 32.8. The van der Waals surface area contributed by atoms with E-state index in [1.807, 2.05) is 25.1 Å².